The van der Waals surface area contributed by atoms with E-state index in [1.165, 1.54) is 5.56 Å². The third kappa shape index (κ3) is 2.73. The lowest BCUT2D eigenvalue weighted by atomic mass is 9.99. The fraction of sp³-hybridized carbons (Fsp3) is 0.263. The minimum absolute atomic E-state index is 0.0413. The zero-order chi connectivity index (χ0) is 16.7. The van der Waals surface area contributed by atoms with Gasteiger partial charge in [-0.3, -0.25) is 9.78 Å². The molecule has 1 aromatic carbocycles. The molecule has 0 unspecified atom stereocenters. The second kappa shape index (κ2) is 5.67. The van der Waals surface area contributed by atoms with Crippen LogP contribution in [-0.2, 0) is 4.79 Å². The van der Waals surface area contributed by atoms with Crippen molar-refractivity contribution in [3.63, 3.8) is 0 Å². The highest BCUT2D eigenvalue weighted by atomic mass is 16.2. The highest BCUT2D eigenvalue weighted by molar-refractivity contribution is 5.95. The lowest BCUT2D eigenvalue weighted by molar-refractivity contribution is -0.117. The van der Waals surface area contributed by atoms with E-state index in [1.54, 1.807) is 6.20 Å². The van der Waals surface area contributed by atoms with E-state index in [2.05, 4.69) is 39.6 Å². The lowest BCUT2D eigenvalue weighted by Gasteiger charge is -2.10. The molecular formula is C19H18N4O. The Hall–Kier alpha value is -2.82. The van der Waals surface area contributed by atoms with Crippen molar-refractivity contribution in [2.75, 3.05) is 5.32 Å². The summed E-state index contributed by atoms with van der Waals surface area (Å²) in [4.78, 5) is 16.2. The third-order valence-electron chi connectivity index (χ3n) is 4.43. The summed E-state index contributed by atoms with van der Waals surface area (Å²) in [6.07, 6.45) is 5.61. The summed E-state index contributed by atoms with van der Waals surface area (Å²) in [5.41, 5.74) is 5.28. The molecule has 0 saturated heterocycles. The van der Waals surface area contributed by atoms with Gasteiger partial charge in [0.25, 0.3) is 0 Å². The fourth-order valence-electron chi connectivity index (χ4n) is 2.89. The standard InChI is InChI=1S/C19H18N4O/c1-11-5-6-20-10-16(11)14-7-12(2)18-15(8-14)9-17(22-23-18)21-19(24)13-3-4-13/h5-10,13H,3-4H2,1-2H3,(H,21,22,24). The summed E-state index contributed by atoms with van der Waals surface area (Å²) >= 11 is 0. The molecule has 0 atom stereocenters. The number of benzene rings is 1. The molecule has 0 spiro atoms. The van der Waals surface area contributed by atoms with Gasteiger partial charge in [0.2, 0.25) is 5.91 Å². The van der Waals surface area contributed by atoms with Crippen molar-refractivity contribution in [1.82, 2.24) is 15.2 Å². The van der Waals surface area contributed by atoms with Crippen LogP contribution in [0.3, 0.4) is 0 Å². The maximum absolute atomic E-state index is 11.9. The summed E-state index contributed by atoms with van der Waals surface area (Å²) in [5.74, 6) is 0.701. The first-order chi connectivity index (χ1) is 11.6. The molecule has 0 aliphatic heterocycles. The zero-order valence-electron chi connectivity index (χ0n) is 13.7. The molecule has 2 aromatic heterocycles. The number of hydrogen-bond acceptors (Lipinski definition) is 4. The Morgan fingerprint density at radius 2 is 1.96 bits per heavy atom. The van der Waals surface area contributed by atoms with Crippen LogP contribution in [-0.4, -0.2) is 21.1 Å². The molecule has 1 amide bonds. The number of aromatic nitrogens is 3. The molecule has 1 aliphatic rings. The summed E-state index contributed by atoms with van der Waals surface area (Å²) in [6, 6.07) is 8.07. The average molecular weight is 318 g/mol. The topological polar surface area (TPSA) is 67.8 Å². The van der Waals surface area contributed by atoms with E-state index in [9.17, 15) is 4.79 Å². The van der Waals surface area contributed by atoms with Crippen molar-refractivity contribution in [1.29, 1.82) is 0 Å². The second-order valence-corrected chi connectivity index (χ2v) is 6.41. The molecule has 0 radical (unpaired) electrons. The number of aryl methyl sites for hydroxylation is 2. The van der Waals surface area contributed by atoms with E-state index in [1.807, 2.05) is 25.3 Å². The van der Waals surface area contributed by atoms with Gasteiger partial charge in [-0.15, -0.1) is 10.2 Å². The Morgan fingerprint density at radius 1 is 1.12 bits per heavy atom. The average Bonchev–Trinajstić information content (AvgIpc) is 3.40. The summed E-state index contributed by atoms with van der Waals surface area (Å²) in [7, 11) is 0. The molecular weight excluding hydrogens is 300 g/mol. The number of amides is 1. The van der Waals surface area contributed by atoms with Gasteiger partial charge in [0.1, 0.15) is 0 Å². The fourth-order valence-corrected chi connectivity index (χ4v) is 2.89. The number of pyridine rings is 1. The first kappa shape index (κ1) is 14.8. The molecule has 3 aromatic rings. The van der Waals surface area contributed by atoms with Gasteiger partial charge in [0, 0.05) is 29.3 Å². The van der Waals surface area contributed by atoms with E-state index in [0.29, 0.717) is 5.82 Å². The monoisotopic (exact) mass is 318 g/mol. The number of carbonyl (C=O) groups excluding carboxylic acids is 1. The van der Waals surface area contributed by atoms with Crippen molar-refractivity contribution in [3.05, 3.63) is 47.8 Å². The van der Waals surface area contributed by atoms with E-state index in [-0.39, 0.29) is 11.8 Å². The van der Waals surface area contributed by atoms with Gasteiger partial charge in [0.05, 0.1) is 5.52 Å². The largest absolute Gasteiger partial charge is 0.309 e. The van der Waals surface area contributed by atoms with Gasteiger partial charge in [-0.1, -0.05) is 0 Å². The Balaban J connectivity index is 1.77. The SMILES string of the molecule is Cc1ccncc1-c1cc(C)c2nnc(NC(=O)C3CC3)cc2c1. The molecule has 24 heavy (non-hydrogen) atoms. The van der Waals surface area contributed by atoms with Gasteiger partial charge in [-0.05, 0) is 67.6 Å². The molecule has 5 heteroatoms. The van der Waals surface area contributed by atoms with Crippen LogP contribution < -0.4 is 5.32 Å². The summed E-state index contributed by atoms with van der Waals surface area (Å²) in [6.45, 7) is 4.09. The van der Waals surface area contributed by atoms with Crippen LogP contribution in [0.25, 0.3) is 22.0 Å². The minimum atomic E-state index is 0.0413. The molecule has 1 aliphatic carbocycles. The van der Waals surface area contributed by atoms with Crippen LogP contribution in [0.15, 0.2) is 36.7 Å². The Kier molecular flexibility index (Phi) is 3.49. The lowest BCUT2D eigenvalue weighted by Crippen LogP contribution is -2.14. The Morgan fingerprint density at radius 3 is 2.71 bits per heavy atom. The zero-order valence-corrected chi connectivity index (χ0v) is 13.7. The highest BCUT2D eigenvalue weighted by Gasteiger charge is 2.29. The van der Waals surface area contributed by atoms with Crippen LogP contribution in [0, 0.1) is 19.8 Å². The first-order valence-corrected chi connectivity index (χ1v) is 8.12. The predicted octanol–water partition coefficient (Wildman–Crippen LogP) is 3.66. The maximum atomic E-state index is 11.9. The first-order valence-electron chi connectivity index (χ1n) is 8.12. The maximum Gasteiger partial charge on any atom is 0.228 e. The van der Waals surface area contributed by atoms with Gasteiger partial charge in [-0.2, -0.15) is 0 Å². The number of nitrogens with zero attached hydrogens (tertiary/aromatic N) is 3. The van der Waals surface area contributed by atoms with Crippen LogP contribution in [0.5, 0.6) is 0 Å². The number of nitrogens with one attached hydrogen (secondary N) is 1. The highest BCUT2D eigenvalue weighted by Crippen LogP contribution is 2.31. The van der Waals surface area contributed by atoms with Gasteiger partial charge in [-0.25, -0.2) is 0 Å². The van der Waals surface area contributed by atoms with E-state index >= 15 is 0 Å². The molecule has 5 nitrogen and oxygen atoms in total. The number of hydrogen-bond donors (Lipinski definition) is 1. The molecule has 1 saturated carbocycles. The van der Waals surface area contributed by atoms with Gasteiger partial charge in [0.15, 0.2) is 5.82 Å². The van der Waals surface area contributed by atoms with E-state index in [4.69, 9.17) is 0 Å². The minimum Gasteiger partial charge on any atom is -0.309 e. The Bertz CT molecular complexity index is 947. The van der Waals surface area contributed by atoms with Gasteiger partial charge >= 0.3 is 0 Å². The van der Waals surface area contributed by atoms with Crippen LogP contribution in [0.4, 0.5) is 5.82 Å². The van der Waals surface area contributed by atoms with Gasteiger partial charge < -0.3 is 5.32 Å². The number of anilines is 1. The molecule has 120 valence electrons. The second-order valence-electron chi connectivity index (χ2n) is 6.41. The normalized spacial score (nSPS) is 13.9. The van der Waals surface area contributed by atoms with Crippen LogP contribution >= 0.6 is 0 Å². The third-order valence-corrected chi connectivity index (χ3v) is 4.43. The smallest absolute Gasteiger partial charge is 0.228 e. The quantitative estimate of drug-likeness (QED) is 0.800. The number of fused-ring (bicyclic) bond motifs is 1. The van der Waals surface area contributed by atoms with Crippen molar-refractivity contribution >= 4 is 22.6 Å². The van der Waals surface area contributed by atoms with Crippen molar-refractivity contribution in [2.24, 2.45) is 5.92 Å². The summed E-state index contributed by atoms with van der Waals surface area (Å²) < 4.78 is 0. The van der Waals surface area contributed by atoms with E-state index in [0.717, 1.165) is 40.4 Å². The van der Waals surface area contributed by atoms with Crippen LogP contribution in [0.1, 0.15) is 24.0 Å². The van der Waals surface area contributed by atoms with Crippen molar-refractivity contribution < 1.29 is 4.79 Å². The molecule has 2 heterocycles. The number of rotatable bonds is 3. The predicted molar refractivity (Wildman–Crippen MR) is 93.6 cm³/mol. The van der Waals surface area contributed by atoms with Crippen LogP contribution in [0.2, 0.25) is 0 Å². The number of carbonyl (C=O) groups is 1. The molecule has 1 fully saturated rings. The molecule has 4 rings (SSSR count). The Labute approximate surface area is 140 Å². The van der Waals surface area contributed by atoms with E-state index < -0.39 is 0 Å². The molecule has 0 bridgehead atoms. The van der Waals surface area contributed by atoms with Crippen molar-refractivity contribution in [3.8, 4) is 11.1 Å². The van der Waals surface area contributed by atoms with Crippen molar-refractivity contribution in [2.45, 2.75) is 26.7 Å². The molecule has 1 N–H and O–H groups in total. The summed E-state index contributed by atoms with van der Waals surface area (Å²) in [5, 5.41) is 12.3.